The zero-order valence-electron chi connectivity index (χ0n) is 10.9. The highest BCUT2D eigenvalue weighted by atomic mass is 32.2. The van der Waals surface area contributed by atoms with Gasteiger partial charge in [0.1, 0.15) is 5.82 Å². The van der Waals surface area contributed by atoms with Gasteiger partial charge in [0.2, 0.25) is 5.13 Å². The third-order valence-electron chi connectivity index (χ3n) is 2.10. The molecule has 0 radical (unpaired) electrons. The first-order valence-electron chi connectivity index (χ1n) is 5.77. The standard InChI is InChI=1S/C10H15N5OS3/c1-6(2)7-12-9(19-15-7)18-10-14-13-8(17-10)11-4-5-16-3/h6H,4-5H2,1-3H3,(H,11,13). The van der Waals surface area contributed by atoms with Gasteiger partial charge in [-0.1, -0.05) is 25.2 Å². The van der Waals surface area contributed by atoms with Gasteiger partial charge in [-0.25, -0.2) is 4.98 Å². The van der Waals surface area contributed by atoms with Gasteiger partial charge in [0.25, 0.3) is 0 Å². The second kappa shape index (κ2) is 7.13. The molecule has 6 nitrogen and oxygen atoms in total. The maximum atomic E-state index is 4.96. The second-order valence-electron chi connectivity index (χ2n) is 3.97. The minimum Gasteiger partial charge on any atom is -0.383 e. The van der Waals surface area contributed by atoms with Gasteiger partial charge in [-0.2, -0.15) is 4.37 Å². The van der Waals surface area contributed by atoms with Crippen molar-refractivity contribution in [3.8, 4) is 0 Å². The van der Waals surface area contributed by atoms with Crippen LogP contribution in [0.1, 0.15) is 25.6 Å². The van der Waals surface area contributed by atoms with Crippen molar-refractivity contribution < 1.29 is 4.74 Å². The molecular weight excluding hydrogens is 302 g/mol. The van der Waals surface area contributed by atoms with E-state index in [9.17, 15) is 0 Å². The molecule has 0 unspecified atom stereocenters. The van der Waals surface area contributed by atoms with Crippen molar-refractivity contribution in [3.05, 3.63) is 5.82 Å². The van der Waals surface area contributed by atoms with E-state index in [0.717, 1.165) is 26.2 Å². The molecule has 0 fully saturated rings. The summed E-state index contributed by atoms with van der Waals surface area (Å²) in [6.07, 6.45) is 0. The summed E-state index contributed by atoms with van der Waals surface area (Å²) in [5, 5.41) is 12.1. The van der Waals surface area contributed by atoms with Crippen molar-refractivity contribution in [1.82, 2.24) is 19.6 Å². The molecule has 0 aliphatic heterocycles. The molecule has 0 saturated carbocycles. The van der Waals surface area contributed by atoms with E-state index in [4.69, 9.17) is 4.74 Å². The number of nitrogens with zero attached hydrogens (tertiary/aromatic N) is 4. The summed E-state index contributed by atoms with van der Waals surface area (Å²) in [6, 6.07) is 0. The normalized spacial score (nSPS) is 11.2. The van der Waals surface area contributed by atoms with Gasteiger partial charge in [0.15, 0.2) is 8.68 Å². The van der Waals surface area contributed by atoms with E-state index in [-0.39, 0.29) is 0 Å². The van der Waals surface area contributed by atoms with Gasteiger partial charge in [-0.05, 0) is 23.3 Å². The average molecular weight is 317 g/mol. The van der Waals surface area contributed by atoms with Crippen LogP contribution in [0.25, 0.3) is 0 Å². The Morgan fingerprint density at radius 1 is 1.32 bits per heavy atom. The first-order valence-corrected chi connectivity index (χ1v) is 8.17. The van der Waals surface area contributed by atoms with E-state index in [1.807, 2.05) is 0 Å². The van der Waals surface area contributed by atoms with E-state index in [1.54, 1.807) is 7.11 Å². The van der Waals surface area contributed by atoms with Crippen molar-refractivity contribution in [3.63, 3.8) is 0 Å². The smallest absolute Gasteiger partial charge is 0.206 e. The lowest BCUT2D eigenvalue weighted by Crippen LogP contribution is -2.06. The van der Waals surface area contributed by atoms with Gasteiger partial charge in [0.05, 0.1) is 6.61 Å². The Bertz CT molecular complexity index is 513. The van der Waals surface area contributed by atoms with E-state index >= 15 is 0 Å². The van der Waals surface area contributed by atoms with Crippen molar-refractivity contribution in [2.24, 2.45) is 0 Å². The van der Waals surface area contributed by atoms with E-state index < -0.39 is 0 Å². The first kappa shape index (κ1) is 14.6. The van der Waals surface area contributed by atoms with Gasteiger partial charge < -0.3 is 10.1 Å². The number of aromatic nitrogens is 4. The number of hydrogen-bond acceptors (Lipinski definition) is 9. The summed E-state index contributed by atoms with van der Waals surface area (Å²) in [5.41, 5.74) is 0. The number of ether oxygens (including phenoxy) is 1. The van der Waals surface area contributed by atoms with E-state index in [1.165, 1.54) is 34.6 Å². The topological polar surface area (TPSA) is 72.8 Å². The average Bonchev–Trinajstić information content (AvgIpc) is 3.00. The number of nitrogens with one attached hydrogen (secondary N) is 1. The molecule has 19 heavy (non-hydrogen) atoms. The summed E-state index contributed by atoms with van der Waals surface area (Å²) in [5.74, 6) is 1.24. The predicted octanol–water partition coefficient (Wildman–Crippen LogP) is 2.72. The number of rotatable bonds is 7. The van der Waals surface area contributed by atoms with Crippen molar-refractivity contribution in [2.45, 2.75) is 28.4 Å². The third kappa shape index (κ3) is 4.37. The fourth-order valence-corrected chi connectivity index (χ4v) is 3.88. The molecule has 0 aliphatic carbocycles. The summed E-state index contributed by atoms with van der Waals surface area (Å²) in [4.78, 5) is 4.46. The zero-order chi connectivity index (χ0) is 13.7. The quantitative estimate of drug-likeness (QED) is 0.787. The molecule has 0 atom stereocenters. The summed E-state index contributed by atoms with van der Waals surface area (Å²) in [6.45, 7) is 5.54. The van der Waals surface area contributed by atoms with Crippen LogP contribution in [0.15, 0.2) is 8.68 Å². The van der Waals surface area contributed by atoms with Crippen LogP contribution in [0.4, 0.5) is 5.13 Å². The highest BCUT2D eigenvalue weighted by Crippen LogP contribution is 2.33. The third-order valence-corrected chi connectivity index (χ3v) is 4.80. The maximum absolute atomic E-state index is 4.96. The summed E-state index contributed by atoms with van der Waals surface area (Å²) in [7, 11) is 1.67. The number of hydrogen-bond donors (Lipinski definition) is 1. The van der Waals surface area contributed by atoms with Crippen LogP contribution in [0.3, 0.4) is 0 Å². The molecule has 9 heteroatoms. The maximum Gasteiger partial charge on any atom is 0.206 e. The summed E-state index contributed by atoms with van der Waals surface area (Å²) < 4.78 is 11.0. The molecule has 0 saturated heterocycles. The van der Waals surface area contributed by atoms with E-state index in [0.29, 0.717) is 12.5 Å². The molecule has 2 aromatic rings. The Balaban J connectivity index is 1.91. The highest BCUT2D eigenvalue weighted by molar-refractivity contribution is 8.02. The molecule has 2 rings (SSSR count). The minimum atomic E-state index is 0.353. The van der Waals surface area contributed by atoms with Gasteiger partial charge in [0, 0.05) is 19.6 Å². The first-order chi connectivity index (χ1) is 9.19. The van der Waals surface area contributed by atoms with Crippen LogP contribution in [0.5, 0.6) is 0 Å². The molecule has 0 aliphatic rings. The number of anilines is 1. The van der Waals surface area contributed by atoms with Crippen molar-refractivity contribution in [2.75, 3.05) is 25.6 Å². The molecular formula is C10H15N5OS3. The molecule has 0 spiro atoms. The lowest BCUT2D eigenvalue weighted by Gasteiger charge is -1.98. The van der Waals surface area contributed by atoms with Crippen LogP contribution in [-0.4, -0.2) is 39.8 Å². The zero-order valence-corrected chi connectivity index (χ0v) is 13.4. The fourth-order valence-electron chi connectivity index (χ4n) is 1.15. The lowest BCUT2D eigenvalue weighted by molar-refractivity contribution is 0.211. The number of methoxy groups -OCH3 is 1. The molecule has 0 bridgehead atoms. The van der Waals surface area contributed by atoms with Crippen molar-refractivity contribution >= 4 is 39.8 Å². The minimum absolute atomic E-state index is 0.353. The second-order valence-corrected chi connectivity index (χ2v) is 7.19. The molecule has 104 valence electrons. The Labute approximate surface area is 124 Å². The largest absolute Gasteiger partial charge is 0.383 e. The predicted molar refractivity (Wildman–Crippen MR) is 78.4 cm³/mol. The molecule has 1 N–H and O–H groups in total. The van der Waals surface area contributed by atoms with Crippen LogP contribution in [0.2, 0.25) is 0 Å². The molecule has 0 aromatic carbocycles. The van der Waals surface area contributed by atoms with Crippen LogP contribution < -0.4 is 5.32 Å². The van der Waals surface area contributed by atoms with Gasteiger partial charge in [-0.3, -0.25) is 0 Å². The monoisotopic (exact) mass is 317 g/mol. The Morgan fingerprint density at radius 3 is 2.84 bits per heavy atom. The van der Waals surface area contributed by atoms with Crippen molar-refractivity contribution in [1.29, 1.82) is 0 Å². The lowest BCUT2D eigenvalue weighted by atomic mass is 10.2. The molecule has 2 aromatic heterocycles. The Kier molecular flexibility index (Phi) is 5.49. The Hall–Kier alpha value is -0.770. The summed E-state index contributed by atoms with van der Waals surface area (Å²) >= 11 is 4.42. The van der Waals surface area contributed by atoms with Crippen LogP contribution in [0, 0.1) is 0 Å². The SMILES string of the molecule is COCCNc1nnc(Sc2nc(C(C)C)ns2)s1. The van der Waals surface area contributed by atoms with Crippen LogP contribution >= 0.6 is 34.6 Å². The van der Waals surface area contributed by atoms with Crippen LogP contribution in [-0.2, 0) is 4.74 Å². The molecule has 0 amide bonds. The van der Waals surface area contributed by atoms with Gasteiger partial charge in [-0.15, -0.1) is 10.2 Å². The van der Waals surface area contributed by atoms with E-state index in [2.05, 4.69) is 38.7 Å². The highest BCUT2D eigenvalue weighted by Gasteiger charge is 2.11. The molecule has 2 heterocycles. The van der Waals surface area contributed by atoms with Gasteiger partial charge >= 0.3 is 0 Å². The fraction of sp³-hybridized carbons (Fsp3) is 0.600. The Morgan fingerprint density at radius 2 is 2.16 bits per heavy atom.